The van der Waals surface area contributed by atoms with Crippen LogP contribution in [0.15, 0.2) is 146 Å². The van der Waals surface area contributed by atoms with Gasteiger partial charge in [-0.15, -0.1) is 69.1 Å². The van der Waals surface area contributed by atoms with Gasteiger partial charge in [0.25, 0.3) is 0 Å². The Balaban J connectivity index is 0.000000855. The van der Waals surface area contributed by atoms with E-state index in [1.807, 2.05) is 20.3 Å². The van der Waals surface area contributed by atoms with Crippen molar-refractivity contribution in [3.05, 3.63) is 191 Å². The fraction of sp³-hybridized carbons (Fsp3) is 0.295. The van der Waals surface area contributed by atoms with Crippen molar-refractivity contribution in [3.63, 3.8) is 0 Å². The standard InChI is InChI=1S/2C21H17.4C4H9.C3H7.2Zr/c2*1-2-15-13-17-9-6-12-20(21(17)14-15)19-11-5-8-16-7-3-4-10-18(16)19;4*1-3-4-2;1-3-2;;/h2*3-14H,2H2,1H3;4*1,3-4H2,2H3;3H,1-2H3;;/q7*-1;+3;+4. The molecule has 0 unspecified atom stereocenters. The number of hydrogen-bond acceptors (Lipinski definition) is 0. The molecule has 0 fully saturated rings. The fourth-order valence-electron chi connectivity index (χ4n) is 6.39. The van der Waals surface area contributed by atoms with Crippen LogP contribution < -0.4 is 0 Å². The Hall–Kier alpha value is -3.17. The van der Waals surface area contributed by atoms with Crippen LogP contribution in [0.4, 0.5) is 0 Å². The van der Waals surface area contributed by atoms with E-state index in [9.17, 15) is 0 Å². The second-order valence-electron chi connectivity index (χ2n) is 15.1. The summed E-state index contributed by atoms with van der Waals surface area (Å²) in [6.07, 6.45) is 13.3. The van der Waals surface area contributed by atoms with Crippen molar-refractivity contribution in [3.8, 4) is 22.3 Å². The van der Waals surface area contributed by atoms with Crippen LogP contribution in [0.1, 0.15) is 118 Å². The number of fused-ring (bicyclic) bond motifs is 4. The van der Waals surface area contributed by atoms with E-state index in [2.05, 4.69) is 215 Å². The predicted octanol–water partition coefficient (Wildman–Crippen LogP) is 19.6. The zero-order valence-electron chi connectivity index (χ0n) is 40.3. The molecule has 63 heavy (non-hydrogen) atoms. The fourth-order valence-corrected chi connectivity index (χ4v) is 6.39. The van der Waals surface area contributed by atoms with E-state index < -0.39 is 0 Å². The van der Waals surface area contributed by atoms with E-state index >= 15 is 0 Å². The van der Waals surface area contributed by atoms with Crippen molar-refractivity contribution in [2.24, 2.45) is 0 Å². The third-order valence-electron chi connectivity index (χ3n) is 10.0. The summed E-state index contributed by atoms with van der Waals surface area (Å²) in [5, 5.41) is 10.7. The van der Waals surface area contributed by atoms with Crippen LogP contribution in [-0.2, 0) is 65.2 Å². The number of hydrogen-bond donors (Lipinski definition) is 0. The van der Waals surface area contributed by atoms with Crippen molar-refractivity contribution < 1.29 is 52.4 Å². The zero-order chi connectivity index (χ0) is 44.8. The maximum absolute atomic E-state index is 3.60. The largest absolute Gasteiger partial charge is 4.00 e. The van der Waals surface area contributed by atoms with Gasteiger partial charge in [-0.3, -0.25) is 0 Å². The molecule has 0 bridgehead atoms. The Morgan fingerprint density at radius 2 is 0.651 bits per heavy atom. The quantitative estimate of drug-likeness (QED) is 0.133. The molecule has 0 aliphatic carbocycles. The van der Waals surface area contributed by atoms with Gasteiger partial charge in [-0.05, 0) is 45.5 Å². The SMILES string of the molecule is CCc1cc2c(-c3cccc4ccccc34)cccc2[cH-]1.CCc1cc2c(-c3cccc4ccccc34)cccc2[cH-]1.C[CH-]C.[CH2-]CCC.[CH2-]CCC.[CH2-]CCC.[CH2-]CCC.[Zr+3].[Zr+4]. The molecule has 8 aromatic rings. The Labute approximate surface area is 424 Å². The molecule has 0 nitrogen and oxygen atoms in total. The molecule has 0 atom stereocenters. The first-order valence-electron chi connectivity index (χ1n) is 23.0. The minimum atomic E-state index is 0. The minimum absolute atomic E-state index is 0. The van der Waals surface area contributed by atoms with Crippen LogP contribution in [0.3, 0.4) is 0 Å². The van der Waals surface area contributed by atoms with E-state index in [4.69, 9.17) is 0 Å². The average molecular weight is 993 g/mol. The smallest absolute Gasteiger partial charge is 0.343 e. The summed E-state index contributed by atoms with van der Waals surface area (Å²) < 4.78 is 0. The van der Waals surface area contributed by atoms with Crippen LogP contribution in [-0.4, -0.2) is 0 Å². The average Bonchev–Trinajstić information content (AvgIpc) is 3.97. The first-order chi connectivity index (χ1) is 29.8. The second kappa shape index (κ2) is 36.1. The molecule has 329 valence electrons. The molecule has 0 amide bonds. The van der Waals surface area contributed by atoms with Crippen molar-refractivity contribution in [1.82, 2.24) is 0 Å². The summed E-state index contributed by atoms with van der Waals surface area (Å²) in [6.45, 7) is 31.3. The maximum Gasteiger partial charge on any atom is 4.00 e. The molecule has 0 aliphatic heterocycles. The molecular formula is C61H77Zr2. The van der Waals surface area contributed by atoms with Crippen LogP contribution in [0.25, 0.3) is 65.3 Å². The van der Waals surface area contributed by atoms with Gasteiger partial charge >= 0.3 is 52.4 Å². The molecule has 2 heteroatoms. The molecular weight excluding hydrogens is 915 g/mol. The summed E-state index contributed by atoms with van der Waals surface area (Å²) in [7, 11) is 0. The van der Waals surface area contributed by atoms with Gasteiger partial charge in [-0.1, -0.05) is 175 Å². The summed E-state index contributed by atoms with van der Waals surface area (Å²) in [5.74, 6) is 0. The second-order valence-corrected chi connectivity index (χ2v) is 15.1. The van der Waals surface area contributed by atoms with Gasteiger partial charge in [-0.25, -0.2) is 0 Å². The Morgan fingerprint density at radius 1 is 0.397 bits per heavy atom. The predicted molar refractivity (Wildman–Crippen MR) is 280 cm³/mol. The van der Waals surface area contributed by atoms with Crippen LogP contribution in [0.5, 0.6) is 0 Å². The first kappa shape index (κ1) is 59.8. The van der Waals surface area contributed by atoms with E-state index in [1.54, 1.807) is 0 Å². The van der Waals surface area contributed by atoms with E-state index in [1.165, 1.54) is 102 Å². The summed E-state index contributed by atoms with van der Waals surface area (Å²) in [5.41, 5.74) is 8.15. The normalized spacial score (nSPS) is 9.71. The van der Waals surface area contributed by atoms with E-state index in [-0.39, 0.29) is 52.4 Å². The number of rotatable bonds is 8. The third kappa shape index (κ3) is 19.5. The van der Waals surface area contributed by atoms with Gasteiger partial charge in [0.15, 0.2) is 0 Å². The van der Waals surface area contributed by atoms with Crippen LogP contribution in [0, 0.1) is 34.1 Å². The Kier molecular flexibility index (Phi) is 34.3. The Bertz CT molecular complexity index is 2140. The molecule has 0 saturated carbocycles. The third-order valence-corrected chi connectivity index (χ3v) is 10.0. The molecule has 0 saturated heterocycles. The monoisotopic (exact) mass is 989 g/mol. The van der Waals surface area contributed by atoms with E-state index in [0.29, 0.717) is 0 Å². The Morgan fingerprint density at radius 3 is 0.937 bits per heavy atom. The molecule has 8 aromatic carbocycles. The van der Waals surface area contributed by atoms with Gasteiger partial charge in [0.2, 0.25) is 0 Å². The molecule has 0 N–H and O–H groups in total. The molecule has 0 aliphatic rings. The van der Waals surface area contributed by atoms with Crippen LogP contribution >= 0.6 is 0 Å². The number of aryl methyl sites for hydroxylation is 2. The van der Waals surface area contributed by atoms with Crippen LogP contribution in [0.2, 0.25) is 0 Å². The molecule has 1 radical (unpaired) electrons. The van der Waals surface area contributed by atoms with Crippen molar-refractivity contribution in [1.29, 1.82) is 0 Å². The van der Waals surface area contributed by atoms with Crippen molar-refractivity contribution in [2.45, 2.75) is 120 Å². The number of benzene rings is 6. The topological polar surface area (TPSA) is 0 Å². The molecule has 0 heterocycles. The zero-order valence-corrected chi connectivity index (χ0v) is 45.2. The summed E-state index contributed by atoms with van der Waals surface area (Å²) in [6, 6.07) is 52.9. The van der Waals surface area contributed by atoms with Gasteiger partial charge in [0.1, 0.15) is 0 Å². The molecule has 0 aromatic heterocycles. The van der Waals surface area contributed by atoms with Crippen molar-refractivity contribution >= 4 is 43.1 Å². The first-order valence-corrected chi connectivity index (χ1v) is 23.0. The number of unbranched alkanes of at least 4 members (excludes halogenated alkanes) is 4. The van der Waals surface area contributed by atoms with Crippen molar-refractivity contribution in [2.75, 3.05) is 0 Å². The summed E-state index contributed by atoms with van der Waals surface area (Å²) in [4.78, 5) is 0. The van der Waals surface area contributed by atoms with Gasteiger partial charge in [0, 0.05) is 0 Å². The van der Waals surface area contributed by atoms with Gasteiger partial charge < -0.3 is 34.1 Å². The summed E-state index contributed by atoms with van der Waals surface area (Å²) >= 11 is 0. The van der Waals surface area contributed by atoms with Gasteiger partial charge in [0.05, 0.1) is 0 Å². The van der Waals surface area contributed by atoms with E-state index in [0.717, 1.165) is 38.5 Å². The molecule has 8 rings (SSSR count). The van der Waals surface area contributed by atoms with Gasteiger partial charge in [-0.2, -0.15) is 51.7 Å². The minimum Gasteiger partial charge on any atom is -0.343 e. The maximum atomic E-state index is 3.60. The molecule has 0 spiro atoms.